The fraction of sp³-hybridized carbons (Fsp3) is 0.600. The van der Waals surface area contributed by atoms with E-state index in [1.165, 1.54) is 24.0 Å². The van der Waals surface area contributed by atoms with E-state index in [1.54, 1.807) is 0 Å². The van der Waals surface area contributed by atoms with Crippen LogP contribution in [0.1, 0.15) is 37.8 Å². The summed E-state index contributed by atoms with van der Waals surface area (Å²) in [5, 5.41) is 3.54. The molecule has 0 bridgehead atoms. The van der Waals surface area contributed by atoms with Gasteiger partial charge >= 0.3 is 0 Å². The van der Waals surface area contributed by atoms with E-state index in [1.807, 2.05) is 0 Å². The lowest BCUT2D eigenvalue weighted by atomic mass is 10.1. The molecule has 0 aromatic heterocycles. The van der Waals surface area contributed by atoms with Gasteiger partial charge in [-0.15, -0.1) is 0 Å². The van der Waals surface area contributed by atoms with Crippen molar-refractivity contribution in [3.05, 3.63) is 35.4 Å². The Kier molecular flexibility index (Phi) is 4.19. The highest BCUT2D eigenvalue weighted by Crippen LogP contribution is 2.19. The summed E-state index contributed by atoms with van der Waals surface area (Å²) in [7, 11) is 2.17. The molecule has 2 heteroatoms. The Hall–Kier alpha value is -0.860. The first-order chi connectivity index (χ1) is 8.15. The van der Waals surface area contributed by atoms with E-state index in [4.69, 9.17) is 0 Å². The Labute approximate surface area is 105 Å². The molecular weight excluding hydrogens is 208 g/mol. The lowest BCUT2D eigenvalue weighted by Crippen LogP contribution is -2.25. The summed E-state index contributed by atoms with van der Waals surface area (Å²) in [4.78, 5) is 2.36. The Morgan fingerprint density at radius 2 is 1.76 bits per heavy atom. The molecule has 2 rings (SSSR count). The summed E-state index contributed by atoms with van der Waals surface area (Å²) < 4.78 is 0. The highest BCUT2D eigenvalue weighted by atomic mass is 15.1. The highest BCUT2D eigenvalue weighted by molar-refractivity contribution is 5.22. The maximum atomic E-state index is 3.54. The molecule has 0 unspecified atom stereocenters. The van der Waals surface area contributed by atoms with Crippen molar-refractivity contribution in [1.82, 2.24) is 10.2 Å². The lowest BCUT2D eigenvalue weighted by molar-refractivity contribution is 0.266. The predicted molar refractivity (Wildman–Crippen MR) is 72.9 cm³/mol. The second-order valence-corrected chi connectivity index (χ2v) is 5.48. The number of nitrogens with one attached hydrogen (secondary N) is 1. The monoisotopic (exact) mass is 232 g/mol. The zero-order chi connectivity index (χ0) is 12.3. The molecule has 0 spiro atoms. The van der Waals surface area contributed by atoms with Crippen LogP contribution < -0.4 is 5.32 Å². The first kappa shape index (κ1) is 12.6. The van der Waals surface area contributed by atoms with Crippen LogP contribution in [0.2, 0.25) is 0 Å². The first-order valence-electron chi connectivity index (χ1n) is 6.66. The molecule has 1 saturated carbocycles. The standard InChI is InChI=1S/C15H24N2/c1-12(2)17(3)11-14-6-4-13(5-7-14)10-16-15-8-9-15/h4-7,12,15-16H,8-11H2,1-3H3. The van der Waals surface area contributed by atoms with Crippen LogP contribution in [-0.2, 0) is 13.1 Å². The van der Waals surface area contributed by atoms with E-state index in [0.717, 1.165) is 19.1 Å². The molecule has 1 N–H and O–H groups in total. The minimum Gasteiger partial charge on any atom is -0.310 e. The van der Waals surface area contributed by atoms with Crippen molar-refractivity contribution in [3.8, 4) is 0 Å². The normalized spacial score (nSPS) is 15.8. The van der Waals surface area contributed by atoms with Crippen LogP contribution in [0.3, 0.4) is 0 Å². The maximum absolute atomic E-state index is 3.54. The van der Waals surface area contributed by atoms with Gasteiger partial charge in [-0.25, -0.2) is 0 Å². The second kappa shape index (κ2) is 5.65. The van der Waals surface area contributed by atoms with Gasteiger partial charge in [-0.3, -0.25) is 4.90 Å². The van der Waals surface area contributed by atoms with Crippen LogP contribution in [0.4, 0.5) is 0 Å². The molecule has 0 saturated heterocycles. The van der Waals surface area contributed by atoms with Crippen LogP contribution in [-0.4, -0.2) is 24.0 Å². The van der Waals surface area contributed by atoms with Crippen LogP contribution >= 0.6 is 0 Å². The zero-order valence-electron chi connectivity index (χ0n) is 11.2. The van der Waals surface area contributed by atoms with Crippen molar-refractivity contribution in [3.63, 3.8) is 0 Å². The van der Waals surface area contributed by atoms with Gasteiger partial charge < -0.3 is 5.32 Å². The number of nitrogens with zero attached hydrogens (tertiary/aromatic N) is 1. The van der Waals surface area contributed by atoms with Crippen LogP contribution in [0.5, 0.6) is 0 Å². The second-order valence-electron chi connectivity index (χ2n) is 5.48. The molecule has 0 atom stereocenters. The molecule has 0 radical (unpaired) electrons. The molecule has 1 aromatic rings. The summed E-state index contributed by atoms with van der Waals surface area (Å²) >= 11 is 0. The van der Waals surface area contributed by atoms with Gasteiger partial charge in [-0.05, 0) is 44.9 Å². The minimum atomic E-state index is 0.603. The smallest absolute Gasteiger partial charge is 0.0233 e. The Balaban J connectivity index is 1.83. The van der Waals surface area contributed by atoms with Crippen LogP contribution in [0.25, 0.3) is 0 Å². The quantitative estimate of drug-likeness (QED) is 0.811. The van der Waals surface area contributed by atoms with Gasteiger partial charge in [-0.1, -0.05) is 24.3 Å². The predicted octanol–water partition coefficient (Wildman–Crippen LogP) is 2.78. The number of benzene rings is 1. The van der Waals surface area contributed by atoms with Gasteiger partial charge in [0.1, 0.15) is 0 Å². The molecule has 1 aromatic carbocycles. The van der Waals surface area contributed by atoms with Gasteiger partial charge in [-0.2, -0.15) is 0 Å². The number of hydrogen-bond donors (Lipinski definition) is 1. The Morgan fingerprint density at radius 1 is 1.18 bits per heavy atom. The van der Waals surface area contributed by atoms with E-state index in [0.29, 0.717) is 6.04 Å². The third-order valence-corrected chi connectivity index (χ3v) is 3.51. The SMILES string of the molecule is CC(C)N(C)Cc1ccc(CNC2CC2)cc1. The molecule has 2 nitrogen and oxygen atoms in total. The summed E-state index contributed by atoms with van der Waals surface area (Å²) in [5.74, 6) is 0. The van der Waals surface area contributed by atoms with Crippen molar-refractivity contribution >= 4 is 0 Å². The fourth-order valence-corrected chi connectivity index (χ4v) is 1.78. The molecule has 0 aliphatic heterocycles. The molecular formula is C15H24N2. The van der Waals surface area contributed by atoms with E-state index >= 15 is 0 Å². The Bertz CT molecular complexity index is 338. The van der Waals surface area contributed by atoms with Gasteiger partial charge in [0.2, 0.25) is 0 Å². The Morgan fingerprint density at radius 3 is 2.29 bits per heavy atom. The molecule has 17 heavy (non-hydrogen) atoms. The number of rotatable bonds is 6. The van der Waals surface area contributed by atoms with E-state index in [-0.39, 0.29) is 0 Å². The third kappa shape index (κ3) is 4.14. The molecule has 1 aliphatic carbocycles. The van der Waals surface area contributed by atoms with E-state index in [2.05, 4.69) is 55.4 Å². The van der Waals surface area contributed by atoms with Crippen molar-refractivity contribution in [2.24, 2.45) is 0 Å². The molecule has 0 amide bonds. The van der Waals surface area contributed by atoms with Crippen LogP contribution in [0.15, 0.2) is 24.3 Å². The first-order valence-corrected chi connectivity index (χ1v) is 6.66. The lowest BCUT2D eigenvalue weighted by Gasteiger charge is -2.21. The van der Waals surface area contributed by atoms with Gasteiger partial charge in [0, 0.05) is 25.2 Å². The third-order valence-electron chi connectivity index (χ3n) is 3.51. The fourth-order valence-electron chi connectivity index (χ4n) is 1.78. The molecule has 1 fully saturated rings. The maximum Gasteiger partial charge on any atom is 0.0233 e. The molecule has 94 valence electrons. The average molecular weight is 232 g/mol. The van der Waals surface area contributed by atoms with Crippen LogP contribution in [0, 0.1) is 0 Å². The van der Waals surface area contributed by atoms with Gasteiger partial charge in [0.25, 0.3) is 0 Å². The molecule has 1 aliphatic rings. The largest absolute Gasteiger partial charge is 0.310 e. The zero-order valence-corrected chi connectivity index (χ0v) is 11.2. The van der Waals surface area contributed by atoms with Crippen molar-refractivity contribution in [2.75, 3.05) is 7.05 Å². The van der Waals surface area contributed by atoms with Crippen molar-refractivity contribution in [2.45, 2.75) is 51.9 Å². The molecule has 0 heterocycles. The summed E-state index contributed by atoms with van der Waals surface area (Å²) in [5.41, 5.74) is 2.80. The number of hydrogen-bond acceptors (Lipinski definition) is 2. The van der Waals surface area contributed by atoms with E-state index < -0.39 is 0 Å². The minimum absolute atomic E-state index is 0.603. The summed E-state index contributed by atoms with van der Waals surface area (Å²) in [6, 6.07) is 10.4. The van der Waals surface area contributed by atoms with Crippen molar-refractivity contribution in [1.29, 1.82) is 0 Å². The highest BCUT2D eigenvalue weighted by Gasteiger charge is 2.19. The van der Waals surface area contributed by atoms with Gasteiger partial charge in [0.15, 0.2) is 0 Å². The topological polar surface area (TPSA) is 15.3 Å². The summed E-state index contributed by atoms with van der Waals surface area (Å²) in [6.07, 6.45) is 2.72. The van der Waals surface area contributed by atoms with Gasteiger partial charge in [0.05, 0.1) is 0 Å². The summed E-state index contributed by atoms with van der Waals surface area (Å²) in [6.45, 7) is 6.51. The van der Waals surface area contributed by atoms with Crippen molar-refractivity contribution < 1.29 is 0 Å². The average Bonchev–Trinajstić information content (AvgIpc) is 3.12. The van der Waals surface area contributed by atoms with E-state index in [9.17, 15) is 0 Å².